The lowest BCUT2D eigenvalue weighted by molar-refractivity contribution is 0.0599. The van der Waals surface area contributed by atoms with Crippen LogP contribution in [0.2, 0.25) is 0 Å². The summed E-state index contributed by atoms with van der Waals surface area (Å²) in [6.45, 7) is 3.74. The van der Waals surface area contributed by atoms with Crippen LogP contribution >= 0.6 is 15.9 Å². The van der Waals surface area contributed by atoms with Crippen LogP contribution < -0.4 is 4.74 Å². The third kappa shape index (κ3) is 3.17. The summed E-state index contributed by atoms with van der Waals surface area (Å²) in [7, 11) is 1.34. The van der Waals surface area contributed by atoms with Crippen LogP contribution in [-0.2, 0) is 4.74 Å². The van der Waals surface area contributed by atoms with Gasteiger partial charge >= 0.3 is 5.97 Å². The molecule has 0 fully saturated rings. The van der Waals surface area contributed by atoms with Crippen LogP contribution in [0.15, 0.2) is 34.8 Å². The van der Waals surface area contributed by atoms with E-state index < -0.39 is 5.97 Å². The van der Waals surface area contributed by atoms with Crippen molar-refractivity contribution in [2.75, 3.05) is 7.11 Å². The second-order valence-corrected chi connectivity index (χ2v) is 5.16. The Morgan fingerprint density at radius 2 is 1.95 bits per heavy atom. The smallest absolute Gasteiger partial charge is 0.339 e. The highest BCUT2D eigenvalue weighted by molar-refractivity contribution is 9.10. The van der Waals surface area contributed by atoms with Crippen molar-refractivity contribution in [3.8, 4) is 11.6 Å². The number of pyridine rings is 1. The molecule has 0 aliphatic heterocycles. The highest BCUT2D eigenvalue weighted by Crippen LogP contribution is 2.29. The largest absolute Gasteiger partial charge is 0.465 e. The van der Waals surface area contributed by atoms with Gasteiger partial charge in [-0.1, -0.05) is 6.07 Å². The van der Waals surface area contributed by atoms with E-state index in [1.807, 2.05) is 25.1 Å². The third-order valence-corrected chi connectivity index (χ3v) is 3.39. The van der Waals surface area contributed by atoms with E-state index in [2.05, 4.69) is 25.7 Å². The van der Waals surface area contributed by atoms with Gasteiger partial charge in [-0.25, -0.2) is 9.78 Å². The molecule has 0 bridgehead atoms. The van der Waals surface area contributed by atoms with Gasteiger partial charge < -0.3 is 9.47 Å². The lowest BCUT2D eigenvalue weighted by atomic mass is 10.2. The number of nitrogens with zero attached hydrogens (tertiary/aromatic N) is 1. The van der Waals surface area contributed by atoms with Crippen molar-refractivity contribution in [2.45, 2.75) is 13.8 Å². The summed E-state index contributed by atoms with van der Waals surface area (Å²) in [5.74, 6) is 0.700. The molecule has 0 aliphatic carbocycles. The highest BCUT2D eigenvalue weighted by atomic mass is 79.9. The van der Waals surface area contributed by atoms with Crippen LogP contribution in [-0.4, -0.2) is 18.1 Å². The SMILES string of the molecule is COC(=O)c1ccc(Oc2ccc(C)cc2Br)nc1C. The fraction of sp³-hybridized carbons (Fsp3) is 0.200. The summed E-state index contributed by atoms with van der Waals surface area (Å²) in [5, 5.41) is 0. The molecule has 0 aliphatic rings. The normalized spacial score (nSPS) is 10.2. The molecule has 1 heterocycles. The molecule has 0 amide bonds. The molecular weight excluding hydrogens is 322 g/mol. The topological polar surface area (TPSA) is 48.4 Å². The molecule has 20 heavy (non-hydrogen) atoms. The molecule has 0 spiro atoms. The van der Waals surface area contributed by atoms with Crippen LogP contribution in [0.25, 0.3) is 0 Å². The Labute approximate surface area is 125 Å². The van der Waals surface area contributed by atoms with Crippen molar-refractivity contribution >= 4 is 21.9 Å². The third-order valence-electron chi connectivity index (χ3n) is 2.77. The van der Waals surface area contributed by atoms with Crippen molar-refractivity contribution in [3.63, 3.8) is 0 Å². The maximum atomic E-state index is 11.5. The molecular formula is C15H14BrNO3. The van der Waals surface area contributed by atoms with Gasteiger partial charge in [0.05, 0.1) is 22.8 Å². The van der Waals surface area contributed by atoms with Gasteiger partial charge in [-0.2, -0.15) is 0 Å². The van der Waals surface area contributed by atoms with Crippen LogP contribution in [0.1, 0.15) is 21.6 Å². The van der Waals surface area contributed by atoms with Crippen LogP contribution in [0.5, 0.6) is 11.6 Å². The van der Waals surface area contributed by atoms with Gasteiger partial charge in [0.15, 0.2) is 0 Å². The molecule has 0 saturated heterocycles. The molecule has 0 saturated carbocycles. The lowest BCUT2D eigenvalue weighted by Crippen LogP contribution is -2.05. The predicted molar refractivity (Wildman–Crippen MR) is 79.3 cm³/mol. The number of hydrogen-bond donors (Lipinski definition) is 0. The van der Waals surface area contributed by atoms with Gasteiger partial charge in [-0.05, 0) is 53.5 Å². The number of rotatable bonds is 3. The minimum Gasteiger partial charge on any atom is -0.465 e. The van der Waals surface area contributed by atoms with Gasteiger partial charge in [0.1, 0.15) is 5.75 Å². The minimum absolute atomic E-state index is 0.405. The highest BCUT2D eigenvalue weighted by Gasteiger charge is 2.12. The summed E-state index contributed by atoms with van der Waals surface area (Å²) in [5.41, 5.74) is 2.13. The van der Waals surface area contributed by atoms with Gasteiger partial charge in [-0.3, -0.25) is 0 Å². The first-order valence-electron chi connectivity index (χ1n) is 6.01. The number of aryl methyl sites for hydroxylation is 2. The first-order valence-corrected chi connectivity index (χ1v) is 6.80. The quantitative estimate of drug-likeness (QED) is 0.794. The summed E-state index contributed by atoms with van der Waals surface area (Å²) in [6.07, 6.45) is 0. The predicted octanol–water partition coefficient (Wildman–Crippen LogP) is 4.04. The Balaban J connectivity index is 2.26. The zero-order chi connectivity index (χ0) is 14.7. The zero-order valence-corrected chi connectivity index (χ0v) is 13.0. The van der Waals surface area contributed by atoms with E-state index in [0.29, 0.717) is 22.9 Å². The number of carbonyl (C=O) groups is 1. The van der Waals surface area contributed by atoms with Gasteiger partial charge in [0, 0.05) is 6.07 Å². The van der Waals surface area contributed by atoms with Crippen molar-refractivity contribution in [1.82, 2.24) is 4.98 Å². The van der Waals surface area contributed by atoms with Gasteiger partial charge in [0.2, 0.25) is 5.88 Å². The van der Waals surface area contributed by atoms with E-state index in [-0.39, 0.29) is 0 Å². The Bertz CT molecular complexity index is 656. The first kappa shape index (κ1) is 14.5. The Kier molecular flexibility index (Phi) is 4.39. The maximum Gasteiger partial charge on any atom is 0.339 e. The molecule has 1 aromatic heterocycles. The number of hydrogen-bond acceptors (Lipinski definition) is 4. The molecule has 2 aromatic rings. The van der Waals surface area contributed by atoms with Crippen molar-refractivity contribution in [1.29, 1.82) is 0 Å². The summed E-state index contributed by atoms with van der Waals surface area (Å²) < 4.78 is 11.2. The molecule has 0 unspecified atom stereocenters. The Morgan fingerprint density at radius 3 is 2.55 bits per heavy atom. The maximum absolute atomic E-state index is 11.5. The van der Waals surface area contributed by atoms with E-state index in [9.17, 15) is 4.79 Å². The Morgan fingerprint density at radius 1 is 1.20 bits per heavy atom. The molecule has 2 rings (SSSR count). The summed E-state index contributed by atoms with van der Waals surface area (Å²) in [6, 6.07) is 9.07. The molecule has 0 radical (unpaired) electrons. The second-order valence-electron chi connectivity index (χ2n) is 4.31. The number of esters is 1. The summed E-state index contributed by atoms with van der Waals surface area (Å²) in [4.78, 5) is 15.7. The number of aromatic nitrogens is 1. The fourth-order valence-electron chi connectivity index (χ4n) is 1.72. The average Bonchev–Trinajstić information content (AvgIpc) is 2.41. The van der Waals surface area contributed by atoms with Crippen LogP contribution in [0.3, 0.4) is 0 Å². The zero-order valence-electron chi connectivity index (χ0n) is 11.4. The van der Waals surface area contributed by atoms with Crippen molar-refractivity contribution in [2.24, 2.45) is 0 Å². The van der Waals surface area contributed by atoms with Gasteiger partial charge in [0.25, 0.3) is 0 Å². The first-order chi connectivity index (χ1) is 9.51. The number of ether oxygens (including phenoxy) is 2. The average molecular weight is 336 g/mol. The molecule has 0 N–H and O–H groups in total. The number of methoxy groups -OCH3 is 1. The van der Waals surface area contributed by atoms with Crippen molar-refractivity contribution in [3.05, 3.63) is 51.6 Å². The van der Waals surface area contributed by atoms with Crippen LogP contribution in [0.4, 0.5) is 0 Å². The molecule has 104 valence electrons. The molecule has 4 nitrogen and oxygen atoms in total. The monoisotopic (exact) mass is 335 g/mol. The van der Waals surface area contributed by atoms with Crippen molar-refractivity contribution < 1.29 is 14.3 Å². The van der Waals surface area contributed by atoms with Gasteiger partial charge in [-0.15, -0.1) is 0 Å². The summed E-state index contributed by atoms with van der Waals surface area (Å²) >= 11 is 3.45. The van der Waals surface area contributed by atoms with E-state index in [1.165, 1.54) is 7.11 Å². The second kappa shape index (κ2) is 6.05. The minimum atomic E-state index is -0.405. The number of carbonyl (C=O) groups excluding carboxylic acids is 1. The van der Waals surface area contributed by atoms with E-state index in [1.54, 1.807) is 19.1 Å². The van der Waals surface area contributed by atoms with Crippen LogP contribution in [0, 0.1) is 13.8 Å². The number of benzene rings is 1. The lowest BCUT2D eigenvalue weighted by Gasteiger charge is -2.09. The van der Waals surface area contributed by atoms with E-state index >= 15 is 0 Å². The van der Waals surface area contributed by atoms with E-state index in [0.717, 1.165) is 10.0 Å². The molecule has 5 heteroatoms. The molecule has 0 atom stereocenters. The van der Waals surface area contributed by atoms with E-state index in [4.69, 9.17) is 4.74 Å². The fourth-order valence-corrected chi connectivity index (χ4v) is 2.30. The Hall–Kier alpha value is -1.88. The molecule has 1 aromatic carbocycles. The standard InChI is InChI=1S/C15H14BrNO3/c1-9-4-6-13(12(16)8-9)20-14-7-5-11(10(2)17-14)15(18)19-3/h4-8H,1-3H3. The number of halogens is 1.